The minimum Gasteiger partial charge on any atom is -0.406 e. The second-order valence-corrected chi connectivity index (χ2v) is 4.71. The summed E-state index contributed by atoms with van der Waals surface area (Å²) in [5.74, 6) is -1.56. The van der Waals surface area contributed by atoms with Crippen LogP contribution in [-0.4, -0.2) is 12.1 Å². The van der Waals surface area contributed by atoms with Gasteiger partial charge in [-0.3, -0.25) is 4.79 Å². The van der Waals surface area contributed by atoms with Crippen LogP contribution < -0.4 is 0 Å². The molecule has 6 heteroatoms. The Morgan fingerprint density at radius 3 is 2.45 bits per heavy atom. The molecule has 0 heterocycles. The monoisotopic (exact) mass is 302 g/mol. The Hall–Kier alpha value is -1.75. The number of rotatable bonds is 2. The molecule has 20 heavy (non-hydrogen) atoms. The minimum absolute atomic E-state index is 0.367. The van der Waals surface area contributed by atoms with Gasteiger partial charge in [0.15, 0.2) is 5.78 Å². The normalized spacial score (nSPS) is 19.4. The maximum atomic E-state index is 12.2. The van der Waals surface area contributed by atoms with Gasteiger partial charge in [0.2, 0.25) is 0 Å². The lowest BCUT2D eigenvalue weighted by Crippen LogP contribution is -2.19. The molecule has 1 aliphatic rings. The van der Waals surface area contributed by atoms with Crippen LogP contribution in [0.15, 0.2) is 42.2 Å². The summed E-state index contributed by atoms with van der Waals surface area (Å²) in [7, 11) is 0. The van der Waals surface area contributed by atoms with E-state index in [-0.39, 0.29) is 0 Å². The Morgan fingerprint density at radius 1 is 1.20 bits per heavy atom. The zero-order valence-corrected chi connectivity index (χ0v) is 11.1. The molecule has 0 spiro atoms. The van der Waals surface area contributed by atoms with E-state index in [0.717, 1.165) is 6.08 Å². The number of ketones is 1. The molecule has 1 aliphatic carbocycles. The molecule has 1 unspecified atom stereocenters. The summed E-state index contributed by atoms with van der Waals surface area (Å²) in [6, 6.07) is 6.65. The molecule has 0 amide bonds. The standard InChI is InChI=1S/C14H10ClF3O2/c1-8-11(10-4-2-3-5-12(10)15)6-9(7-13(8)19)20-14(16,17)18/h2-8H,1H3. The van der Waals surface area contributed by atoms with E-state index >= 15 is 0 Å². The number of carbonyl (C=O) groups is 1. The smallest absolute Gasteiger partial charge is 0.406 e. The molecule has 2 rings (SSSR count). The summed E-state index contributed by atoms with van der Waals surface area (Å²) in [4.78, 5) is 11.8. The van der Waals surface area contributed by atoms with Gasteiger partial charge in [0.25, 0.3) is 0 Å². The Labute approximate surface area is 118 Å². The van der Waals surface area contributed by atoms with Crippen LogP contribution in [0, 0.1) is 5.92 Å². The number of hydrogen-bond acceptors (Lipinski definition) is 2. The van der Waals surface area contributed by atoms with E-state index in [4.69, 9.17) is 11.6 Å². The van der Waals surface area contributed by atoms with Crippen molar-refractivity contribution in [2.75, 3.05) is 0 Å². The van der Waals surface area contributed by atoms with Crippen LogP contribution in [0.2, 0.25) is 5.02 Å². The number of benzene rings is 1. The van der Waals surface area contributed by atoms with Crippen molar-refractivity contribution in [1.82, 2.24) is 0 Å². The molecule has 0 bridgehead atoms. The van der Waals surface area contributed by atoms with E-state index in [1.165, 1.54) is 6.08 Å². The van der Waals surface area contributed by atoms with Crippen molar-refractivity contribution in [3.8, 4) is 0 Å². The van der Waals surface area contributed by atoms with Crippen molar-refractivity contribution >= 4 is 23.0 Å². The molecular weight excluding hydrogens is 293 g/mol. The summed E-state index contributed by atoms with van der Waals surface area (Å²) in [6.07, 6.45) is -2.80. The number of hydrogen-bond donors (Lipinski definition) is 0. The lowest BCUT2D eigenvalue weighted by molar-refractivity contribution is -0.303. The lowest BCUT2D eigenvalue weighted by Gasteiger charge is -2.21. The molecule has 1 aromatic rings. The highest BCUT2D eigenvalue weighted by Gasteiger charge is 2.34. The molecule has 0 saturated carbocycles. The summed E-state index contributed by atoms with van der Waals surface area (Å²) in [6.45, 7) is 1.61. The fraction of sp³-hybridized carbons (Fsp3) is 0.214. The van der Waals surface area contributed by atoms with E-state index in [2.05, 4.69) is 4.74 Å². The average molecular weight is 303 g/mol. The van der Waals surface area contributed by atoms with Gasteiger partial charge < -0.3 is 4.74 Å². The molecule has 1 aromatic carbocycles. The van der Waals surface area contributed by atoms with E-state index in [1.54, 1.807) is 31.2 Å². The predicted octanol–water partition coefficient (Wildman–Crippen LogP) is 4.36. The fourth-order valence-corrected chi connectivity index (χ4v) is 2.18. The molecule has 0 aliphatic heterocycles. The first kappa shape index (κ1) is 14.7. The number of allylic oxidation sites excluding steroid dienone is 3. The van der Waals surface area contributed by atoms with Crippen LogP contribution in [0.3, 0.4) is 0 Å². The first-order chi connectivity index (χ1) is 9.28. The van der Waals surface area contributed by atoms with Gasteiger partial charge in [-0.15, -0.1) is 13.2 Å². The van der Waals surface area contributed by atoms with Gasteiger partial charge in [-0.25, -0.2) is 0 Å². The zero-order valence-electron chi connectivity index (χ0n) is 10.4. The molecule has 2 nitrogen and oxygen atoms in total. The highest BCUT2D eigenvalue weighted by Crippen LogP contribution is 2.35. The number of halogens is 4. The topological polar surface area (TPSA) is 26.3 Å². The SMILES string of the molecule is CC1C(=O)C=C(OC(F)(F)F)C=C1c1ccccc1Cl. The highest BCUT2D eigenvalue weighted by molar-refractivity contribution is 6.32. The maximum Gasteiger partial charge on any atom is 0.573 e. The van der Waals surface area contributed by atoms with Gasteiger partial charge in [0.1, 0.15) is 5.76 Å². The van der Waals surface area contributed by atoms with Gasteiger partial charge in [-0.2, -0.15) is 0 Å². The third-order valence-corrected chi connectivity index (χ3v) is 3.22. The summed E-state index contributed by atoms with van der Waals surface area (Å²) in [5.41, 5.74) is 0.925. The molecule has 0 fully saturated rings. The third kappa shape index (κ3) is 3.22. The first-order valence-electron chi connectivity index (χ1n) is 5.76. The molecule has 0 aromatic heterocycles. The Morgan fingerprint density at radius 2 is 1.85 bits per heavy atom. The summed E-state index contributed by atoms with van der Waals surface area (Å²) >= 11 is 6.02. The summed E-state index contributed by atoms with van der Waals surface area (Å²) in [5, 5.41) is 0.367. The Bertz CT molecular complexity index is 603. The lowest BCUT2D eigenvalue weighted by atomic mass is 9.86. The van der Waals surface area contributed by atoms with Crippen LogP contribution in [0.5, 0.6) is 0 Å². The van der Waals surface area contributed by atoms with Gasteiger partial charge >= 0.3 is 6.36 Å². The maximum absolute atomic E-state index is 12.2. The van der Waals surface area contributed by atoms with Crippen LogP contribution in [-0.2, 0) is 9.53 Å². The molecule has 0 N–H and O–H groups in total. The molecule has 0 radical (unpaired) electrons. The van der Waals surface area contributed by atoms with Crippen molar-refractivity contribution in [1.29, 1.82) is 0 Å². The Balaban J connectivity index is 2.43. The third-order valence-electron chi connectivity index (χ3n) is 2.89. The van der Waals surface area contributed by atoms with Gasteiger partial charge in [-0.1, -0.05) is 36.7 Å². The zero-order chi connectivity index (χ0) is 14.9. The van der Waals surface area contributed by atoms with Gasteiger partial charge in [-0.05, 0) is 23.3 Å². The van der Waals surface area contributed by atoms with Crippen molar-refractivity contribution in [2.24, 2.45) is 5.92 Å². The molecular formula is C14H10ClF3O2. The predicted molar refractivity (Wildman–Crippen MR) is 68.8 cm³/mol. The number of ether oxygens (including phenoxy) is 1. The largest absolute Gasteiger partial charge is 0.573 e. The Kier molecular flexibility index (Phi) is 3.90. The van der Waals surface area contributed by atoms with Crippen molar-refractivity contribution in [3.63, 3.8) is 0 Å². The van der Waals surface area contributed by atoms with E-state index in [0.29, 0.717) is 16.2 Å². The van der Waals surface area contributed by atoms with E-state index in [9.17, 15) is 18.0 Å². The van der Waals surface area contributed by atoms with Crippen molar-refractivity contribution in [3.05, 3.63) is 52.8 Å². The van der Waals surface area contributed by atoms with Crippen LogP contribution >= 0.6 is 11.6 Å². The molecule has 106 valence electrons. The van der Waals surface area contributed by atoms with E-state index < -0.39 is 23.8 Å². The molecule has 0 saturated heterocycles. The van der Waals surface area contributed by atoms with Gasteiger partial charge in [0, 0.05) is 17.0 Å². The average Bonchev–Trinajstić information content (AvgIpc) is 2.32. The number of alkyl halides is 3. The first-order valence-corrected chi connectivity index (χ1v) is 6.13. The second-order valence-electron chi connectivity index (χ2n) is 4.30. The second kappa shape index (κ2) is 5.32. The van der Waals surface area contributed by atoms with Gasteiger partial charge in [0.05, 0.1) is 0 Å². The van der Waals surface area contributed by atoms with E-state index in [1.807, 2.05) is 0 Å². The van der Waals surface area contributed by atoms with Crippen LogP contribution in [0.1, 0.15) is 12.5 Å². The fourth-order valence-electron chi connectivity index (χ4n) is 1.94. The van der Waals surface area contributed by atoms with Crippen molar-refractivity contribution in [2.45, 2.75) is 13.3 Å². The number of carbonyl (C=O) groups excluding carboxylic acids is 1. The van der Waals surface area contributed by atoms with Crippen molar-refractivity contribution < 1.29 is 22.7 Å². The highest BCUT2D eigenvalue weighted by atomic mass is 35.5. The minimum atomic E-state index is -4.84. The molecule has 1 atom stereocenters. The van der Waals surface area contributed by atoms with Crippen LogP contribution in [0.25, 0.3) is 5.57 Å². The quantitative estimate of drug-likeness (QED) is 0.811. The summed E-state index contributed by atoms with van der Waals surface area (Å²) < 4.78 is 40.5. The van der Waals surface area contributed by atoms with Crippen LogP contribution in [0.4, 0.5) is 13.2 Å².